The van der Waals surface area contributed by atoms with E-state index in [1.807, 2.05) is 0 Å². The highest BCUT2D eigenvalue weighted by molar-refractivity contribution is 7.99. The second-order valence-electron chi connectivity index (χ2n) is 5.98. The number of nitrogens with two attached hydrogens (primary N) is 2. The van der Waals surface area contributed by atoms with Gasteiger partial charge in [-0.1, -0.05) is 0 Å². The third-order valence-electron chi connectivity index (χ3n) is 4.15. The molecule has 1 aliphatic heterocycles. The molecule has 0 spiro atoms. The molecule has 3 heterocycles. The maximum atomic E-state index is 10.7. The number of imidazole rings is 1. The molecule has 0 amide bonds. The smallest absolute Gasteiger partial charge is 0.320 e. The first-order chi connectivity index (χ1) is 12.0. The number of aliphatic hydroxyl groups excluding tert-OH is 1. The van der Waals surface area contributed by atoms with Crippen LogP contribution in [-0.2, 0) is 9.53 Å². The number of pyridine rings is 1. The van der Waals surface area contributed by atoms with Crippen molar-refractivity contribution in [1.82, 2.24) is 14.5 Å². The first-order valence-electron chi connectivity index (χ1n) is 7.94. The number of ether oxygens (including phenoxy) is 1. The molecule has 136 valence electrons. The van der Waals surface area contributed by atoms with Gasteiger partial charge in [0, 0.05) is 18.4 Å². The molecule has 1 aliphatic rings. The lowest BCUT2D eigenvalue weighted by atomic mass is 10.2. The van der Waals surface area contributed by atoms with Crippen LogP contribution in [0.3, 0.4) is 0 Å². The summed E-state index contributed by atoms with van der Waals surface area (Å²) in [7, 11) is 0. The lowest BCUT2D eigenvalue weighted by Crippen LogP contribution is -2.30. The molecule has 1 saturated heterocycles. The summed E-state index contributed by atoms with van der Waals surface area (Å²) < 4.78 is 7.73. The number of hydrogen-bond acceptors (Lipinski definition) is 8. The van der Waals surface area contributed by atoms with Gasteiger partial charge in [0.1, 0.15) is 17.7 Å². The highest BCUT2D eigenvalue weighted by atomic mass is 32.2. The minimum atomic E-state index is -0.992. The van der Waals surface area contributed by atoms with Gasteiger partial charge in [0.05, 0.1) is 17.9 Å². The van der Waals surface area contributed by atoms with Crippen molar-refractivity contribution in [2.45, 2.75) is 37.3 Å². The van der Waals surface area contributed by atoms with Crippen LogP contribution in [0.15, 0.2) is 18.6 Å². The number of aromatic nitrogens is 3. The van der Waals surface area contributed by atoms with Gasteiger partial charge in [0.25, 0.3) is 0 Å². The van der Waals surface area contributed by atoms with E-state index >= 15 is 0 Å². The lowest BCUT2D eigenvalue weighted by molar-refractivity contribution is -0.138. The molecule has 2 aromatic rings. The van der Waals surface area contributed by atoms with Crippen LogP contribution in [0.5, 0.6) is 0 Å². The Bertz CT molecular complexity index is 755. The van der Waals surface area contributed by atoms with Gasteiger partial charge in [-0.15, -0.1) is 0 Å². The largest absolute Gasteiger partial charge is 0.480 e. The van der Waals surface area contributed by atoms with E-state index in [9.17, 15) is 9.90 Å². The standard InChI is InChI=1S/C15H21N5O4S/c16-9(15(22)23)2-4-25-6-8-5-11(21)14(24-8)20-7-19-12-10(20)1-3-18-13(12)17/h1,3,7-9,11,14,21H,2,4-6,16H2,(H2,17,18)(H,22,23). The minimum absolute atomic E-state index is 0.123. The normalized spacial score (nSPS) is 24.6. The Kier molecular flexibility index (Phi) is 5.42. The zero-order valence-electron chi connectivity index (χ0n) is 13.5. The number of hydrogen-bond donors (Lipinski definition) is 4. The molecule has 0 radical (unpaired) electrons. The molecule has 0 aliphatic carbocycles. The fraction of sp³-hybridized carbons (Fsp3) is 0.533. The highest BCUT2D eigenvalue weighted by Crippen LogP contribution is 2.33. The Balaban J connectivity index is 1.58. The predicted octanol–water partition coefficient (Wildman–Crippen LogP) is 0.197. The monoisotopic (exact) mass is 367 g/mol. The third-order valence-corrected chi connectivity index (χ3v) is 5.29. The number of thioether (sulfide) groups is 1. The van der Waals surface area contributed by atoms with Crippen LogP contribution in [0.4, 0.5) is 5.82 Å². The molecule has 0 saturated carbocycles. The van der Waals surface area contributed by atoms with Crippen LogP contribution in [0.25, 0.3) is 11.0 Å². The number of aliphatic hydroxyl groups is 1. The number of carboxylic acid groups (broad SMARTS) is 1. The van der Waals surface area contributed by atoms with Crippen molar-refractivity contribution in [3.8, 4) is 0 Å². The fourth-order valence-electron chi connectivity index (χ4n) is 2.82. The van der Waals surface area contributed by atoms with E-state index in [1.54, 1.807) is 34.9 Å². The maximum Gasteiger partial charge on any atom is 0.320 e. The molecular formula is C15H21N5O4S. The molecule has 2 aromatic heterocycles. The summed E-state index contributed by atoms with van der Waals surface area (Å²) in [4.78, 5) is 18.9. The van der Waals surface area contributed by atoms with Crippen molar-refractivity contribution in [1.29, 1.82) is 0 Å². The Morgan fingerprint density at radius 1 is 1.52 bits per heavy atom. The highest BCUT2D eigenvalue weighted by Gasteiger charge is 2.35. The topological polar surface area (TPSA) is 150 Å². The van der Waals surface area contributed by atoms with Gasteiger partial charge in [0.15, 0.2) is 12.0 Å². The summed E-state index contributed by atoms with van der Waals surface area (Å²) >= 11 is 1.57. The van der Waals surface area contributed by atoms with Crippen molar-refractivity contribution in [2.75, 3.05) is 17.2 Å². The Morgan fingerprint density at radius 3 is 3.08 bits per heavy atom. The van der Waals surface area contributed by atoms with E-state index in [0.717, 1.165) is 5.52 Å². The number of anilines is 1. The molecule has 9 nitrogen and oxygen atoms in total. The summed E-state index contributed by atoms with van der Waals surface area (Å²) in [5, 5.41) is 19.1. The van der Waals surface area contributed by atoms with Crippen molar-refractivity contribution in [3.05, 3.63) is 18.6 Å². The van der Waals surface area contributed by atoms with Crippen LogP contribution in [0.1, 0.15) is 19.1 Å². The first-order valence-corrected chi connectivity index (χ1v) is 9.09. The number of carbonyl (C=O) groups is 1. The number of nitrogen functional groups attached to an aromatic ring is 1. The van der Waals surface area contributed by atoms with E-state index in [-0.39, 0.29) is 6.10 Å². The molecule has 4 atom stereocenters. The molecule has 6 N–H and O–H groups in total. The molecule has 1 fully saturated rings. The molecule has 0 aromatic carbocycles. The lowest BCUT2D eigenvalue weighted by Gasteiger charge is -2.17. The van der Waals surface area contributed by atoms with E-state index in [4.69, 9.17) is 21.3 Å². The van der Waals surface area contributed by atoms with Crippen LogP contribution in [-0.4, -0.2) is 60.5 Å². The van der Waals surface area contributed by atoms with Gasteiger partial charge >= 0.3 is 5.97 Å². The van der Waals surface area contributed by atoms with Crippen molar-refractivity contribution in [2.24, 2.45) is 5.73 Å². The van der Waals surface area contributed by atoms with E-state index in [1.165, 1.54) is 0 Å². The minimum Gasteiger partial charge on any atom is -0.480 e. The van der Waals surface area contributed by atoms with E-state index in [0.29, 0.717) is 35.7 Å². The van der Waals surface area contributed by atoms with Crippen LogP contribution in [0, 0.1) is 0 Å². The third kappa shape index (κ3) is 3.87. The number of fused-ring (bicyclic) bond motifs is 1. The Morgan fingerprint density at radius 2 is 2.32 bits per heavy atom. The molecule has 25 heavy (non-hydrogen) atoms. The zero-order chi connectivity index (χ0) is 18.0. The van der Waals surface area contributed by atoms with Crippen LogP contribution < -0.4 is 11.5 Å². The SMILES string of the molecule is Nc1nccc2c1ncn2C1OC(CSCCC(N)C(=O)O)CC1O. The van der Waals surface area contributed by atoms with E-state index in [2.05, 4.69) is 9.97 Å². The quantitative estimate of drug-likeness (QED) is 0.503. The number of aliphatic carboxylic acids is 1. The summed E-state index contributed by atoms with van der Waals surface area (Å²) in [6.45, 7) is 0. The second kappa shape index (κ2) is 7.56. The molecule has 4 unspecified atom stereocenters. The van der Waals surface area contributed by atoms with Crippen LogP contribution in [0.2, 0.25) is 0 Å². The molecule has 10 heteroatoms. The number of rotatable bonds is 7. The van der Waals surface area contributed by atoms with Crippen molar-refractivity contribution < 1.29 is 19.7 Å². The predicted molar refractivity (Wildman–Crippen MR) is 94.0 cm³/mol. The maximum absolute atomic E-state index is 10.7. The van der Waals surface area contributed by atoms with Crippen molar-refractivity contribution in [3.63, 3.8) is 0 Å². The van der Waals surface area contributed by atoms with Crippen molar-refractivity contribution >= 4 is 34.6 Å². The fourth-order valence-corrected chi connectivity index (χ4v) is 3.89. The first kappa shape index (κ1) is 17.9. The zero-order valence-corrected chi connectivity index (χ0v) is 14.3. The van der Waals surface area contributed by atoms with Crippen LogP contribution >= 0.6 is 11.8 Å². The van der Waals surface area contributed by atoms with Gasteiger partial charge in [0.2, 0.25) is 0 Å². The number of nitrogens with zero attached hydrogens (tertiary/aromatic N) is 3. The van der Waals surface area contributed by atoms with Gasteiger partial charge < -0.3 is 31.0 Å². The summed E-state index contributed by atoms with van der Waals surface area (Å²) in [5.41, 5.74) is 12.6. The van der Waals surface area contributed by atoms with Gasteiger partial charge in [-0.05, 0) is 18.2 Å². The molecule has 0 bridgehead atoms. The summed E-state index contributed by atoms with van der Waals surface area (Å²) in [6.07, 6.45) is 2.79. The van der Waals surface area contributed by atoms with Gasteiger partial charge in [-0.25, -0.2) is 9.97 Å². The molecular weight excluding hydrogens is 346 g/mol. The average Bonchev–Trinajstić information content (AvgIpc) is 3.15. The average molecular weight is 367 g/mol. The van der Waals surface area contributed by atoms with Gasteiger partial charge in [-0.3, -0.25) is 4.79 Å². The Labute approximate surface area is 148 Å². The molecule has 3 rings (SSSR count). The Hall–Kier alpha value is -1.88. The second-order valence-corrected chi connectivity index (χ2v) is 7.13. The summed E-state index contributed by atoms with van der Waals surface area (Å²) in [6, 6.07) is 0.941. The van der Waals surface area contributed by atoms with E-state index < -0.39 is 24.3 Å². The number of carboxylic acids is 1. The summed E-state index contributed by atoms with van der Waals surface area (Å²) in [5.74, 6) is 0.639. The van der Waals surface area contributed by atoms with Gasteiger partial charge in [-0.2, -0.15) is 11.8 Å².